The molecule has 0 bridgehead atoms. The fourth-order valence-electron chi connectivity index (χ4n) is 3.09. The molecule has 2 N–H and O–H groups in total. The fraction of sp³-hybridized carbons (Fsp3) is 0.316. The number of carbonyl (C=O) groups is 1. The average molecular weight is 439 g/mol. The highest BCUT2D eigenvalue weighted by atomic mass is 35.5. The molecule has 11 heteroatoms. The molecule has 3 rings (SSSR count). The van der Waals surface area contributed by atoms with E-state index in [9.17, 15) is 18.0 Å². The van der Waals surface area contributed by atoms with E-state index in [4.69, 9.17) is 22.4 Å². The second kappa shape index (κ2) is 8.02. The fourth-order valence-corrected chi connectivity index (χ4v) is 3.39. The van der Waals surface area contributed by atoms with Gasteiger partial charge >= 0.3 is 6.18 Å². The van der Waals surface area contributed by atoms with Gasteiger partial charge in [-0.15, -0.1) is 0 Å². The molecule has 1 aliphatic rings. The number of alkyl halides is 3. The summed E-state index contributed by atoms with van der Waals surface area (Å²) < 4.78 is 39.3. The number of rotatable bonds is 3. The Hall–Kier alpha value is -3.01. The van der Waals surface area contributed by atoms with Gasteiger partial charge in [0.2, 0.25) is 0 Å². The molecule has 1 aliphatic heterocycles. The lowest BCUT2D eigenvalue weighted by molar-refractivity contribution is -0.137. The largest absolute Gasteiger partial charge is 0.417 e. The molecular formula is C19H18ClF3N6O. The topological polar surface area (TPSA) is 97.0 Å². The van der Waals surface area contributed by atoms with Gasteiger partial charge in [0, 0.05) is 25.3 Å². The number of hydrogen-bond acceptors (Lipinski definition) is 5. The third kappa shape index (κ3) is 4.13. The summed E-state index contributed by atoms with van der Waals surface area (Å²) in [5.74, 6) is -1.33. The number of aromatic nitrogens is 2. The van der Waals surface area contributed by atoms with E-state index in [1.807, 2.05) is 0 Å². The van der Waals surface area contributed by atoms with Crippen LogP contribution in [0.25, 0.3) is 0 Å². The number of nitrogens with one attached hydrogen (secondary N) is 2. The van der Waals surface area contributed by atoms with Crippen molar-refractivity contribution in [3.8, 4) is 0 Å². The minimum Gasteiger partial charge on any atom is -0.327 e. The molecule has 0 saturated carbocycles. The lowest BCUT2D eigenvalue weighted by Crippen LogP contribution is -2.59. The molecule has 1 aromatic carbocycles. The van der Waals surface area contributed by atoms with Gasteiger partial charge < -0.3 is 9.80 Å². The summed E-state index contributed by atoms with van der Waals surface area (Å²) in [5, 5.41) is 16.0. The summed E-state index contributed by atoms with van der Waals surface area (Å²) in [5.41, 5.74) is 0.0243. The Morgan fingerprint density at radius 2 is 2.00 bits per heavy atom. The Bertz CT molecular complexity index is 1010. The highest BCUT2D eigenvalue weighted by Crippen LogP contribution is 2.36. The molecule has 2 heterocycles. The molecule has 1 fully saturated rings. The summed E-state index contributed by atoms with van der Waals surface area (Å²) in [6.45, 7) is 3.35. The molecule has 1 saturated heterocycles. The van der Waals surface area contributed by atoms with E-state index < -0.39 is 34.5 Å². The molecule has 0 radical (unpaired) electrons. The van der Waals surface area contributed by atoms with E-state index in [1.54, 1.807) is 13.8 Å². The van der Waals surface area contributed by atoms with Crippen LogP contribution in [0.5, 0.6) is 0 Å². The second-order valence-corrected chi connectivity index (χ2v) is 7.29. The number of amides is 1. The lowest BCUT2D eigenvalue weighted by atomic mass is 10.1. The summed E-state index contributed by atoms with van der Waals surface area (Å²) >= 11 is 5.94. The minimum absolute atomic E-state index is 0.107. The molecule has 7 nitrogen and oxygen atoms in total. The normalized spacial score (nSPS) is 17.5. The van der Waals surface area contributed by atoms with E-state index in [0.717, 1.165) is 6.07 Å². The quantitative estimate of drug-likeness (QED) is 0.566. The van der Waals surface area contributed by atoms with Crippen molar-refractivity contribution in [2.75, 3.05) is 6.54 Å². The second-order valence-electron chi connectivity index (χ2n) is 6.91. The van der Waals surface area contributed by atoms with Crippen molar-refractivity contribution in [2.45, 2.75) is 32.6 Å². The monoisotopic (exact) mass is 438 g/mol. The van der Waals surface area contributed by atoms with Crippen LogP contribution in [-0.2, 0) is 17.5 Å². The first-order chi connectivity index (χ1) is 14.0. The first-order valence-corrected chi connectivity index (χ1v) is 9.27. The summed E-state index contributed by atoms with van der Waals surface area (Å²) in [6.07, 6.45) is -1.75. The zero-order valence-corrected chi connectivity index (χ0v) is 16.8. The van der Waals surface area contributed by atoms with E-state index in [-0.39, 0.29) is 30.2 Å². The standard InChI is InChI=1S/C19H18ClF3N6O/c1-10-6-27-14(7-26-10)16(24)29-8-11(2)28(18(30)17(29)25)9-12-4-3-5-13(15(12)20)19(21,22)23/h3-7,11,24-25H,8-9H2,1-2H3. The summed E-state index contributed by atoms with van der Waals surface area (Å²) in [4.78, 5) is 23.4. The Morgan fingerprint density at radius 1 is 1.30 bits per heavy atom. The van der Waals surface area contributed by atoms with Crippen LogP contribution in [-0.4, -0.2) is 49.9 Å². The molecule has 1 unspecified atom stereocenters. The van der Waals surface area contributed by atoms with E-state index in [2.05, 4.69) is 9.97 Å². The predicted molar refractivity (Wildman–Crippen MR) is 104 cm³/mol. The summed E-state index contributed by atoms with van der Waals surface area (Å²) in [6, 6.07) is 3.03. The zero-order valence-electron chi connectivity index (χ0n) is 16.1. The van der Waals surface area contributed by atoms with Gasteiger partial charge in [0.05, 0.1) is 22.5 Å². The Kier molecular flexibility index (Phi) is 5.80. The van der Waals surface area contributed by atoms with Crippen molar-refractivity contribution < 1.29 is 18.0 Å². The summed E-state index contributed by atoms with van der Waals surface area (Å²) in [7, 11) is 0. The number of halogens is 4. The van der Waals surface area contributed by atoms with E-state index >= 15 is 0 Å². The number of piperazine rings is 1. The highest BCUT2D eigenvalue weighted by molar-refractivity contribution is 6.40. The molecule has 0 spiro atoms. The number of benzene rings is 1. The molecular weight excluding hydrogens is 421 g/mol. The number of hydrogen-bond donors (Lipinski definition) is 2. The smallest absolute Gasteiger partial charge is 0.327 e. The Balaban J connectivity index is 1.83. The Morgan fingerprint density at radius 3 is 2.60 bits per heavy atom. The van der Waals surface area contributed by atoms with Crippen molar-refractivity contribution >= 4 is 29.2 Å². The van der Waals surface area contributed by atoms with Crippen LogP contribution in [0.2, 0.25) is 5.02 Å². The van der Waals surface area contributed by atoms with Crippen LogP contribution < -0.4 is 0 Å². The first kappa shape index (κ1) is 21.7. The third-order valence-electron chi connectivity index (χ3n) is 4.73. The molecule has 30 heavy (non-hydrogen) atoms. The third-order valence-corrected chi connectivity index (χ3v) is 5.18. The predicted octanol–water partition coefficient (Wildman–Crippen LogP) is 3.49. The maximum Gasteiger partial charge on any atom is 0.417 e. The molecule has 1 amide bonds. The van der Waals surface area contributed by atoms with Gasteiger partial charge in [-0.25, -0.2) is 4.98 Å². The van der Waals surface area contributed by atoms with Crippen molar-refractivity contribution in [1.82, 2.24) is 19.8 Å². The lowest BCUT2D eigenvalue weighted by Gasteiger charge is -2.40. The van der Waals surface area contributed by atoms with Gasteiger partial charge in [-0.1, -0.05) is 23.7 Å². The number of carbonyl (C=O) groups excluding carboxylic acids is 1. The molecule has 2 aromatic rings. The molecule has 1 atom stereocenters. The van der Waals surface area contributed by atoms with Gasteiger partial charge in [0.15, 0.2) is 11.7 Å². The SMILES string of the molecule is Cc1cnc(C(=N)N2CC(C)N(Cc3cccc(C(F)(F)F)c3Cl)C(=O)C2=N)cn1. The van der Waals surface area contributed by atoms with Gasteiger partial charge in [0.25, 0.3) is 5.91 Å². The number of amidine groups is 2. The van der Waals surface area contributed by atoms with Crippen molar-refractivity contribution in [3.63, 3.8) is 0 Å². The number of aryl methyl sites for hydroxylation is 1. The van der Waals surface area contributed by atoms with Gasteiger partial charge in [-0.2, -0.15) is 13.2 Å². The average Bonchev–Trinajstić information content (AvgIpc) is 2.68. The maximum absolute atomic E-state index is 13.1. The van der Waals surface area contributed by atoms with Crippen LogP contribution in [0.4, 0.5) is 13.2 Å². The first-order valence-electron chi connectivity index (χ1n) is 8.90. The molecule has 1 aromatic heterocycles. The highest BCUT2D eigenvalue weighted by Gasteiger charge is 2.38. The molecule has 158 valence electrons. The van der Waals surface area contributed by atoms with E-state index in [1.165, 1.54) is 34.3 Å². The Labute approximate surface area is 175 Å². The van der Waals surface area contributed by atoms with Crippen molar-refractivity contribution in [1.29, 1.82) is 10.8 Å². The van der Waals surface area contributed by atoms with Crippen molar-refractivity contribution in [3.05, 3.63) is 58.1 Å². The minimum atomic E-state index is -4.61. The van der Waals surface area contributed by atoms with Crippen molar-refractivity contribution in [2.24, 2.45) is 0 Å². The maximum atomic E-state index is 13.1. The molecule has 0 aliphatic carbocycles. The van der Waals surface area contributed by atoms with Gasteiger partial charge in [0.1, 0.15) is 5.69 Å². The zero-order chi connectivity index (χ0) is 22.2. The van der Waals surface area contributed by atoms with Gasteiger partial charge in [-0.05, 0) is 25.5 Å². The van der Waals surface area contributed by atoms with E-state index in [0.29, 0.717) is 5.69 Å². The van der Waals surface area contributed by atoms with Crippen LogP contribution in [0.15, 0.2) is 30.6 Å². The van der Waals surface area contributed by atoms with Crippen LogP contribution >= 0.6 is 11.6 Å². The van der Waals surface area contributed by atoms with Crippen LogP contribution in [0.1, 0.15) is 29.4 Å². The number of nitrogens with zero attached hydrogens (tertiary/aromatic N) is 4. The van der Waals surface area contributed by atoms with Gasteiger partial charge in [-0.3, -0.25) is 20.6 Å². The van der Waals surface area contributed by atoms with Crippen LogP contribution in [0, 0.1) is 17.7 Å². The van der Waals surface area contributed by atoms with Crippen LogP contribution in [0.3, 0.4) is 0 Å².